The Balaban J connectivity index is 1.39. The summed E-state index contributed by atoms with van der Waals surface area (Å²) in [6.45, 7) is 2.30. The number of nitrogens with one attached hydrogen (secondary N) is 2. The zero-order valence-corrected chi connectivity index (χ0v) is 13.8. The smallest absolute Gasteiger partial charge is 0.315 e. The van der Waals surface area contributed by atoms with Crippen molar-refractivity contribution in [1.82, 2.24) is 10.6 Å². The molecule has 0 bridgehead atoms. The topological polar surface area (TPSA) is 59.6 Å². The van der Waals surface area contributed by atoms with Crippen molar-refractivity contribution in [3.8, 4) is 5.75 Å². The molecule has 1 aliphatic carbocycles. The van der Waals surface area contributed by atoms with E-state index in [1.807, 2.05) is 24.3 Å². The zero-order chi connectivity index (χ0) is 16.1. The molecule has 1 atom stereocenters. The molecule has 1 unspecified atom stereocenters. The number of methoxy groups -OCH3 is 1. The molecule has 1 aromatic carbocycles. The van der Waals surface area contributed by atoms with Crippen molar-refractivity contribution in [1.29, 1.82) is 0 Å². The third kappa shape index (κ3) is 3.78. The first kappa shape index (κ1) is 16.1. The van der Waals surface area contributed by atoms with Crippen molar-refractivity contribution in [2.24, 2.45) is 5.41 Å². The zero-order valence-electron chi connectivity index (χ0n) is 13.8. The molecule has 1 aromatic rings. The van der Waals surface area contributed by atoms with E-state index in [0.717, 1.165) is 44.6 Å². The first-order valence-electron chi connectivity index (χ1n) is 8.47. The second kappa shape index (κ2) is 7.21. The summed E-state index contributed by atoms with van der Waals surface area (Å²) in [4.78, 5) is 12.1. The van der Waals surface area contributed by atoms with Gasteiger partial charge in [-0.05, 0) is 55.2 Å². The van der Waals surface area contributed by atoms with E-state index in [9.17, 15) is 4.79 Å². The lowest BCUT2D eigenvalue weighted by atomic mass is 9.60. The van der Waals surface area contributed by atoms with Crippen LogP contribution in [0.25, 0.3) is 0 Å². The average molecular weight is 318 g/mol. The van der Waals surface area contributed by atoms with E-state index in [1.54, 1.807) is 7.11 Å². The Bertz CT molecular complexity index is 524. The number of urea groups is 1. The maximum absolute atomic E-state index is 12.1. The van der Waals surface area contributed by atoms with Crippen LogP contribution in [0.2, 0.25) is 0 Å². The highest BCUT2D eigenvalue weighted by molar-refractivity contribution is 5.74. The molecule has 1 saturated heterocycles. The molecule has 5 heteroatoms. The van der Waals surface area contributed by atoms with Gasteiger partial charge in [-0.1, -0.05) is 12.1 Å². The Hall–Kier alpha value is -1.75. The van der Waals surface area contributed by atoms with Gasteiger partial charge in [0.2, 0.25) is 0 Å². The normalized spacial score (nSPS) is 22.2. The standard InChI is InChI=1S/C18H26N2O3/c1-22-15-4-2-14(3-5-15)7-11-19-17(21)20-16-6-8-18(16)9-12-23-13-10-18/h2-5,16H,6-13H2,1H3,(H2,19,20,21). The van der Waals surface area contributed by atoms with Gasteiger partial charge >= 0.3 is 6.03 Å². The fraction of sp³-hybridized carbons (Fsp3) is 0.611. The van der Waals surface area contributed by atoms with Crippen LogP contribution < -0.4 is 15.4 Å². The minimum absolute atomic E-state index is 0.0471. The van der Waals surface area contributed by atoms with Gasteiger partial charge in [0.15, 0.2) is 0 Å². The number of hydrogen-bond donors (Lipinski definition) is 2. The highest BCUT2D eigenvalue weighted by Crippen LogP contribution is 2.48. The predicted octanol–water partition coefficient (Wildman–Crippen LogP) is 2.50. The minimum Gasteiger partial charge on any atom is -0.497 e. The number of amides is 2. The van der Waals surface area contributed by atoms with Crippen molar-refractivity contribution in [2.45, 2.75) is 38.1 Å². The van der Waals surface area contributed by atoms with Crippen LogP contribution in [0.3, 0.4) is 0 Å². The second-order valence-corrected chi connectivity index (χ2v) is 6.56. The van der Waals surface area contributed by atoms with Crippen molar-refractivity contribution in [3.63, 3.8) is 0 Å². The van der Waals surface area contributed by atoms with E-state index in [0.29, 0.717) is 18.0 Å². The lowest BCUT2D eigenvalue weighted by Crippen LogP contribution is -2.59. The minimum atomic E-state index is -0.0471. The van der Waals surface area contributed by atoms with Gasteiger partial charge in [-0.25, -0.2) is 4.79 Å². The molecular weight excluding hydrogens is 292 g/mol. The third-order valence-electron chi connectivity index (χ3n) is 5.32. The molecule has 23 heavy (non-hydrogen) atoms. The number of carbonyl (C=O) groups is 1. The SMILES string of the molecule is COc1ccc(CCNC(=O)NC2CCC23CCOCC3)cc1. The van der Waals surface area contributed by atoms with Gasteiger partial charge in [-0.15, -0.1) is 0 Å². The van der Waals surface area contributed by atoms with Crippen molar-refractivity contribution < 1.29 is 14.3 Å². The average Bonchev–Trinajstić information content (AvgIpc) is 2.60. The van der Waals surface area contributed by atoms with Crippen molar-refractivity contribution in [2.75, 3.05) is 26.9 Å². The van der Waals surface area contributed by atoms with Crippen LogP contribution in [0.5, 0.6) is 5.75 Å². The van der Waals surface area contributed by atoms with Crippen LogP contribution in [0, 0.1) is 5.41 Å². The Morgan fingerprint density at radius 1 is 1.26 bits per heavy atom. The van der Waals surface area contributed by atoms with Crippen LogP contribution in [0.4, 0.5) is 4.79 Å². The molecule has 1 heterocycles. The number of benzene rings is 1. The first-order chi connectivity index (χ1) is 11.2. The van der Waals surface area contributed by atoms with E-state index in [1.165, 1.54) is 12.0 Å². The van der Waals surface area contributed by atoms with Gasteiger partial charge in [-0.2, -0.15) is 0 Å². The highest BCUT2D eigenvalue weighted by atomic mass is 16.5. The van der Waals surface area contributed by atoms with Crippen LogP contribution in [0.1, 0.15) is 31.2 Å². The molecule has 2 N–H and O–H groups in total. The Morgan fingerprint density at radius 3 is 2.61 bits per heavy atom. The Morgan fingerprint density at radius 2 is 2.00 bits per heavy atom. The number of carbonyl (C=O) groups excluding carboxylic acids is 1. The van der Waals surface area contributed by atoms with Gasteiger partial charge in [-0.3, -0.25) is 0 Å². The van der Waals surface area contributed by atoms with Crippen LogP contribution >= 0.6 is 0 Å². The summed E-state index contributed by atoms with van der Waals surface area (Å²) in [6.07, 6.45) is 5.27. The summed E-state index contributed by atoms with van der Waals surface area (Å²) in [5.41, 5.74) is 1.49. The lowest BCUT2D eigenvalue weighted by molar-refractivity contribution is -0.0511. The first-order valence-corrected chi connectivity index (χ1v) is 8.47. The van der Waals surface area contributed by atoms with E-state index in [4.69, 9.17) is 9.47 Å². The monoisotopic (exact) mass is 318 g/mol. The van der Waals surface area contributed by atoms with Gasteiger partial charge < -0.3 is 20.1 Å². The molecule has 0 aromatic heterocycles. The maximum atomic E-state index is 12.1. The van der Waals surface area contributed by atoms with Crippen molar-refractivity contribution in [3.05, 3.63) is 29.8 Å². The molecular formula is C18H26N2O3. The summed E-state index contributed by atoms with van der Waals surface area (Å²) in [6, 6.07) is 8.21. The van der Waals surface area contributed by atoms with Crippen LogP contribution in [-0.4, -0.2) is 38.9 Å². The highest BCUT2D eigenvalue weighted by Gasteiger charge is 2.47. The summed E-state index contributed by atoms with van der Waals surface area (Å²) in [5.74, 6) is 0.853. The van der Waals surface area contributed by atoms with E-state index in [2.05, 4.69) is 10.6 Å². The molecule has 2 aliphatic rings. The molecule has 126 valence electrons. The number of hydrogen-bond acceptors (Lipinski definition) is 3. The van der Waals surface area contributed by atoms with Gasteiger partial charge in [0, 0.05) is 25.8 Å². The maximum Gasteiger partial charge on any atom is 0.315 e. The molecule has 5 nitrogen and oxygen atoms in total. The second-order valence-electron chi connectivity index (χ2n) is 6.56. The van der Waals surface area contributed by atoms with Gasteiger partial charge in [0.25, 0.3) is 0 Å². The number of ether oxygens (including phenoxy) is 2. The Labute approximate surface area is 137 Å². The van der Waals surface area contributed by atoms with E-state index < -0.39 is 0 Å². The molecule has 2 amide bonds. The van der Waals surface area contributed by atoms with Gasteiger partial charge in [0.05, 0.1) is 7.11 Å². The third-order valence-corrected chi connectivity index (χ3v) is 5.32. The summed E-state index contributed by atoms with van der Waals surface area (Å²) in [5, 5.41) is 6.12. The Kier molecular flexibility index (Phi) is 5.06. The molecule has 2 fully saturated rings. The molecule has 3 rings (SSSR count). The molecule has 1 spiro atoms. The summed E-state index contributed by atoms with van der Waals surface area (Å²) < 4.78 is 10.6. The fourth-order valence-corrected chi connectivity index (χ4v) is 3.62. The molecule has 0 radical (unpaired) electrons. The number of rotatable bonds is 5. The molecule has 1 saturated carbocycles. The van der Waals surface area contributed by atoms with E-state index in [-0.39, 0.29) is 6.03 Å². The largest absolute Gasteiger partial charge is 0.497 e. The predicted molar refractivity (Wildman–Crippen MR) is 88.7 cm³/mol. The van der Waals surface area contributed by atoms with Crippen molar-refractivity contribution >= 4 is 6.03 Å². The van der Waals surface area contributed by atoms with E-state index >= 15 is 0 Å². The fourth-order valence-electron chi connectivity index (χ4n) is 3.62. The van der Waals surface area contributed by atoms with Crippen LogP contribution in [0.15, 0.2) is 24.3 Å². The lowest BCUT2D eigenvalue weighted by Gasteiger charge is -2.51. The summed E-state index contributed by atoms with van der Waals surface area (Å²) in [7, 11) is 1.66. The van der Waals surface area contributed by atoms with Crippen LogP contribution in [-0.2, 0) is 11.2 Å². The molecule has 1 aliphatic heterocycles. The summed E-state index contributed by atoms with van der Waals surface area (Å²) >= 11 is 0. The van der Waals surface area contributed by atoms with Gasteiger partial charge in [0.1, 0.15) is 5.75 Å². The quantitative estimate of drug-likeness (QED) is 0.877.